The van der Waals surface area contributed by atoms with Gasteiger partial charge < -0.3 is 10.6 Å². The molecule has 1 heterocycles. The second kappa shape index (κ2) is 6.71. The lowest BCUT2D eigenvalue weighted by Gasteiger charge is -2.31. The zero-order chi connectivity index (χ0) is 13.7. The quantitative estimate of drug-likeness (QED) is 0.818. The minimum Gasteiger partial charge on any atom is -0.356 e. The van der Waals surface area contributed by atoms with Gasteiger partial charge in [-0.3, -0.25) is 4.79 Å². The van der Waals surface area contributed by atoms with Gasteiger partial charge in [0.1, 0.15) is 0 Å². The summed E-state index contributed by atoms with van der Waals surface area (Å²) in [4.78, 5) is 11.9. The molecule has 2 rings (SSSR count). The van der Waals surface area contributed by atoms with Crippen molar-refractivity contribution >= 4 is 5.91 Å². The molecule has 0 aliphatic carbocycles. The molecule has 0 spiro atoms. The second-order valence-corrected chi connectivity index (χ2v) is 5.42. The molecule has 19 heavy (non-hydrogen) atoms. The molecule has 3 heteroatoms. The molecule has 1 amide bonds. The number of rotatable bonds is 6. The lowest BCUT2D eigenvalue weighted by Crippen LogP contribution is -2.49. The third kappa shape index (κ3) is 3.80. The highest BCUT2D eigenvalue weighted by molar-refractivity contribution is 5.78. The number of aryl methyl sites for hydroxylation is 1. The lowest BCUT2D eigenvalue weighted by molar-refractivity contribution is -0.126. The molecule has 1 aromatic carbocycles. The maximum atomic E-state index is 11.9. The first-order valence-electron chi connectivity index (χ1n) is 7.27. The van der Waals surface area contributed by atoms with Crippen molar-refractivity contribution in [2.24, 2.45) is 11.8 Å². The van der Waals surface area contributed by atoms with Crippen LogP contribution in [0, 0.1) is 11.8 Å². The van der Waals surface area contributed by atoms with Gasteiger partial charge in [0.05, 0.1) is 0 Å². The molecule has 1 aromatic rings. The maximum Gasteiger partial charge on any atom is 0.223 e. The number of benzene rings is 1. The van der Waals surface area contributed by atoms with Gasteiger partial charge in [-0.25, -0.2) is 0 Å². The molecule has 1 atom stereocenters. The van der Waals surface area contributed by atoms with Gasteiger partial charge >= 0.3 is 0 Å². The summed E-state index contributed by atoms with van der Waals surface area (Å²) in [5.41, 5.74) is 2.65. The summed E-state index contributed by atoms with van der Waals surface area (Å²) in [5, 5.41) is 6.25. The van der Waals surface area contributed by atoms with E-state index in [1.807, 2.05) is 6.92 Å². The van der Waals surface area contributed by atoms with Crippen LogP contribution in [-0.2, 0) is 17.6 Å². The third-order valence-corrected chi connectivity index (χ3v) is 4.08. The number of amides is 1. The van der Waals surface area contributed by atoms with Crippen molar-refractivity contribution in [3.63, 3.8) is 0 Å². The van der Waals surface area contributed by atoms with Crippen LogP contribution in [0.2, 0.25) is 0 Å². The minimum atomic E-state index is 0.128. The Kier molecular flexibility index (Phi) is 4.97. The number of carbonyl (C=O) groups excluding carboxylic acids is 1. The highest BCUT2D eigenvalue weighted by Gasteiger charge is 2.28. The summed E-state index contributed by atoms with van der Waals surface area (Å²) >= 11 is 0. The van der Waals surface area contributed by atoms with Gasteiger partial charge in [0.15, 0.2) is 0 Å². The van der Waals surface area contributed by atoms with Gasteiger partial charge in [0, 0.05) is 12.5 Å². The molecule has 0 bridgehead atoms. The molecule has 1 aliphatic heterocycles. The van der Waals surface area contributed by atoms with Crippen LogP contribution in [0.3, 0.4) is 0 Å². The fraction of sp³-hybridized carbons (Fsp3) is 0.562. The van der Waals surface area contributed by atoms with Gasteiger partial charge in [-0.2, -0.15) is 0 Å². The van der Waals surface area contributed by atoms with Gasteiger partial charge in [-0.1, -0.05) is 38.1 Å². The molecule has 2 N–H and O–H groups in total. The topological polar surface area (TPSA) is 41.1 Å². The van der Waals surface area contributed by atoms with Crippen molar-refractivity contribution in [2.75, 3.05) is 19.6 Å². The fourth-order valence-corrected chi connectivity index (χ4v) is 2.31. The number of hydrogen-bond donors (Lipinski definition) is 2. The molecule has 3 nitrogen and oxygen atoms in total. The van der Waals surface area contributed by atoms with Crippen LogP contribution in [0.25, 0.3) is 0 Å². The highest BCUT2D eigenvalue weighted by atomic mass is 16.1. The summed E-state index contributed by atoms with van der Waals surface area (Å²) in [6.07, 6.45) is 1.98. The predicted molar refractivity (Wildman–Crippen MR) is 78.1 cm³/mol. The fourth-order valence-electron chi connectivity index (χ4n) is 2.31. The smallest absolute Gasteiger partial charge is 0.223 e. The number of hydrogen-bond acceptors (Lipinski definition) is 2. The average Bonchev–Trinajstić information content (AvgIpc) is 2.37. The summed E-state index contributed by atoms with van der Waals surface area (Å²) in [6.45, 7) is 6.87. The molecule has 1 saturated heterocycles. The monoisotopic (exact) mass is 260 g/mol. The van der Waals surface area contributed by atoms with E-state index < -0.39 is 0 Å². The minimum absolute atomic E-state index is 0.128. The van der Waals surface area contributed by atoms with E-state index in [4.69, 9.17) is 0 Å². The Hall–Kier alpha value is -1.35. The highest BCUT2D eigenvalue weighted by Crippen LogP contribution is 2.15. The van der Waals surface area contributed by atoms with Crippen molar-refractivity contribution in [2.45, 2.75) is 26.7 Å². The van der Waals surface area contributed by atoms with Crippen LogP contribution in [0.15, 0.2) is 24.3 Å². The van der Waals surface area contributed by atoms with Crippen molar-refractivity contribution in [3.05, 3.63) is 35.4 Å². The molecule has 104 valence electrons. The van der Waals surface area contributed by atoms with Gasteiger partial charge in [-0.15, -0.1) is 0 Å². The van der Waals surface area contributed by atoms with E-state index in [-0.39, 0.29) is 11.8 Å². The van der Waals surface area contributed by atoms with Crippen molar-refractivity contribution in [1.82, 2.24) is 10.6 Å². The Morgan fingerprint density at radius 2 is 1.95 bits per heavy atom. The van der Waals surface area contributed by atoms with Crippen LogP contribution >= 0.6 is 0 Å². The Balaban J connectivity index is 1.71. The first-order valence-corrected chi connectivity index (χ1v) is 7.27. The second-order valence-electron chi connectivity index (χ2n) is 5.42. The SMILES string of the molecule is CCc1ccc(CCNC(=O)C(C)C2CNC2)cc1. The standard InChI is InChI=1S/C16H24N2O/c1-3-13-4-6-14(7-5-13)8-9-18-16(19)12(2)15-10-17-11-15/h4-7,12,15,17H,3,8-11H2,1-2H3,(H,18,19). The van der Waals surface area contributed by atoms with E-state index in [2.05, 4.69) is 41.8 Å². The molecule has 1 aliphatic rings. The Morgan fingerprint density at radius 1 is 1.32 bits per heavy atom. The van der Waals surface area contributed by atoms with E-state index in [9.17, 15) is 4.79 Å². The number of nitrogens with one attached hydrogen (secondary N) is 2. The Morgan fingerprint density at radius 3 is 2.47 bits per heavy atom. The van der Waals surface area contributed by atoms with Crippen molar-refractivity contribution in [3.8, 4) is 0 Å². The van der Waals surface area contributed by atoms with E-state index in [1.165, 1.54) is 11.1 Å². The van der Waals surface area contributed by atoms with Crippen LogP contribution in [0.1, 0.15) is 25.0 Å². The zero-order valence-electron chi connectivity index (χ0n) is 11.9. The van der Waals surface area contributed by atoms with Crippen LogP contribution < -0.4 is 10.6 Å². The lowest BCUT2D eigenvalue weighted by atomic mass is 9.88. The summed E-state index contributed by atoms with van der Waals surface area (Å²) in [7, 11) is 0. The summed E-state index contributed by atoms with van der Waals surface area (Å²) < 4.78 is 0. The summed E-state index contributed by atoms with van der Waals surface area (Å²) in [5.74, 6) is 0.837. The summed E-state index contributed by atoms with van der Waals surface area (Å²) in [6, 6.07) is 8.65. The molecule has 1 unspecified atom stereocenters. The van der Waals surface area contributed by atoms with Crippen LogP contribution in [0.4, 0.5) is 0 Å². The third-order valence-electron chi connectivity index (χ3n) is 4.08. The first kappa shape index (κ1) is 14.1. The average molecular weight is 260 g/mol. The van der Waals surface area contributed by atoms with E-state index in [1.54, 1.807) is 0 Å². The van der Waals surface area contributed by atoms with Crippen LogP contribution in [0.5, 0.6) is 0 Å². The molecule has 1 fully saturated rings. The predicted octanol–water partition coefficient (Wildman–Crippen LogP) is 1.76. The van der Waals surface area contributed by atoms with Gasteiger partial charge in [0.2, 0.25) is 5.91 Å². The maximum absolute atomic E-state index is 11.9. The molecular weight excluding hydrogens is 236 g/mol. The van der Waals surface area contributed by atoms with Gasteiger partial charge in [-0.05, 0) is 43.0 Å². The largest absolute Gasteiger partial charge is 0.356 e. The normalized spacial score (nSPS) is 16.7. The van der Waals surface area contributed by atoms with E-state index in [0.29, 0.717) is 5.92 Å². The molecule has 0 saturated carbocycles. The van der Waals surface area contributed by atoms with Crippen molar-refractivity contribution < 1.29 is 4.79 Å². The molecular formula is C16H24N2O. The van der Waals surface area contributed by atoms with Crippen LogP contribution in [-0.4, -0.2) is 25.5 Å². The first-order chi connectivity index (χ1) is 9.20. The van der Waals surface area contributed by atoms with Crippen molar-refractivity contribution in [1.29, 1.82) is 0 Å². The van der Waals surface area contributed by atoms with E-state index in [0.717, 1.165) is 32.5 Å². The Labute approximate surface area is 115 Å². The molecule has 0 aromatic heterocycles. The van der Waals surface area contributed by atoms with E-state index >= 15 is 0 Å². The Bertz CT molecular complexity index is 409. The molecule has 0 radical (unpaired) electrons. The van der Waals surface area contributed by atoms with Gasteiger partial charge in [0.25, 0.3) is 0 Å². The zero-order valence-corrected chi connectivity index (χ0v) is 11.9. The number of carbonyl (C=O) groups is 1.